The lowest BCUT2D eigenvalue weighted by Crippen LogP contribution is -2.44. The number of nitrogens with two attached hydrogens (primary N) is 1. The molecule has 5 N–H and O–H groups in total. The van der Waals surface area contributed by atoms with Crippen LogP contribution in [0.15, 0.2) is 85.1 Å². The number of nitrogens with one attached hydrogen (secondary N) is 1. The smallest absolute Gasteiger partial charge is 0.264 e. The zero-order valence-corrected chi connectivity index (χ0v) is 24.4. The van der Waals surface area contributed by atoms with E-state index in [4.69, 9.17) is 22.4 Å². The molecule has 2 heterocycles. The highest BCUT2D eigenvalue weighted by molar-refractivity contribution is 6.31. The van der Waals surface area contributed by atoms with Gasteiger partial charge in [-0.15, -0.1) is 5.10 Å². The monoisotopic (exact) mass is 600 g/mol. The number of amides is 2. The van der Waals surface area contributed by atoms with E-state index >= 15 is 0 Å². The number of rotatable bonds is 11. The minimum atomic E-state index is -1.82. The van der Waals surface area contributed by atoms with Crippen LogP contribution in [0.2, 0.25) is 5.02 Å². The van der Waals surface area contributed by atoms with Gasteiger partial charge in [-0.25, -0.2) is 0 Å². The number of aliphatic hydroxyl groups is 2. The van der Waals surface area contributed by atoms with E-state index in [9.17, 15) is 14.7 Å². The summed E-state index contributed by atoms with van der Waals surface area (Å²) in [7, 11) is 0. The Hall–Kier alpha value is -4.51. The van der Waals surface area contributed by atoms with Crippen molar-refractivity contribution in [2.75, 3.05) is 22.6 Å². The molecular formula is C32H33ClN6O4. The number of hydrogen-bond acceptors (Lipinski definition) is 7. The number of aliphatic hydroxyl groups excluding tert-OH is 1. The van der Waals surface area contributed by atoms with Gasteiger partial charge in [-0.3, -0.25) is 14.3 Å². The maximum Gasteiger partial charge on any atom is 0.264 e. The molecule has 0 radical (unpaired) electrons. The third-order valence-corrected chi connectivity index (χ3v) is 7.73. The van der Waals surface area contributed by atoms with E-state index < -0.39 is 17.4 Å². The SMILES string of the molecule is C[C@H](/C=C/CCn1cc(CCO)nn1)[C@@]1(O)C(=O)N(Cc2cccc(NC(=O)c3ccc(N)cc3)c2)c2ccc(Cl)cc21. The Balaban J connectivity index is 1.31. The van der Waals surface area contributed by atoms with Crippen molar-refractivity contribution in [2.45, 2.75) is 38.5 Å². The summed E-state index contributed by atoms with van der Waals surface area (Å²) in [4.78, 5) is 28.2. The molecule has 3 aromatic carbocycles. The fraction of sp³-hybridized carbons (Fsp3) is 0.250. The number of aryl methyl sites for hydroxylation is 1. The normalized spacial score (nSPS) is 16.9. The predicted molar refractivity (Wildman–Crippen MR) is 166 cm³/mol. The lowest BCUT2D eigenvalue weighted by atomic mass is 9.83. The Bertz CT molecular complexity index is 1650. The highest BCUT2D eigenvalue weighted by Crippen LogP contribution is 2.46. The van der Waals surface area contributed by atoms with Crippen LogP contribution in [-0.4, -0.2) is 43.6 Å². The summed E-state index contributed by atoms with van der Waals surface area (Å²) < 4.78 is 1.69. The van der Waals surface area contributed by atoms with Gasteiger partial charge in [0.25, 0.3) is 11.8 Å². The topological polar surface area (TPSA) is 147 Å². The molecule has 222 valence electrons. The third kappa shape index (κ3) is 6.46. The Morgan fingerprint density at radius 1 is 1.16 bits per heavy atom. The summed E-state index contributed by atoms with van der Waals surface area (Å²) in [6.07, 6.45) is 6.57. The highest BCUT2D eigenvalue weighted by Gasteiger charge is 2.52. The number of allylic oxidation sites excluding steroid dienone is 1. The number of hydrogen-bond donors (Lipinski definition) is 4. The standard InChI is InChI=1S/C32H33ClN6O4/c1-21(5-2-3-15-38-20-27(14-16-40)36-37-38)32(43)28-18-24(33)10-13-29(28)39(31(32)42)19-22-6-4-7-26(17-22)35-30(41)23-8-11-25(34)12-9-23/h2,4-13,17-18,20-21,40,43H,3,14-16,19,34H2,1H3,(H,35,41)/b5-2+/t21-,32+/m1/s1. The van der Waals surface area contributed by atoms with Crippen LogP contribution in [0.4, 0.5) is 17.1 Å². The van der Waals surface area contributed by atoms with Crippen LogP contribution in [-0.2, 0) is 29.9 Å². The first-order valence-electron chi connectivity index (χ1n) is 14.0. The van der Waals surface area contributed by atoms with Crippen LogP contribution >= 0.6 is 11.6 Å². The largest absolute Gasteiger partial charge is 0.399 e. The van der Waals surface area contributed by atoms with Crippen LogP contribution < -0.4 is 16.0 Å². The fourth-order valence-electron chi connectivity index (χ4n) is 5.17. The van der Waals surface area contributed by atoms with E-state index in [0.29, 0.717) is 58.3 Å². The quantitative estimate of drug-likeness (QED) is 0.148. The molecule has 10 nitrogen and oxygen atoms in total. The van der Waals surface area contributed by atoms with Crippen LogP contribution in [0.25, 0.3) is 0 Å². The van der Waals surface area contributed by atoms with Gasteiger partial charge in [-0.05, 0) is 66.6 Å². The van der Waals surface area contributed by atoms with Crippen LogP contribution in [0.1, 0.15) is 40.5 Å². The molecule has 0 saturated heterocycles. The van der Waals surface area contributed by atoms with Crippen molar-refractivity contribution < 1.29 is 19.8 Å². The van der Waals surface area contributed by atoms with Crippen molar-refractivity contribution in [3.8, 4) is 0 Å². The first-order chi connectivity index (χ1) is 20.7. The number of carbonyl (C=O) groups excluding carboxylic acids is 2. The molecule has 0 unspecified atom stereocenters. The molecule has 5 rings (SSSR count). The van der Waals surface area contributed by atoms with E-state index in [0.717, 1.165) is 5.56 Å². The second kappa shape index (κ2) is 12.8. The molecule has 43 heavy (non-hydrogen) atoms. The summed E-state index contributed by atoms with van der Waals surface area (Å²) in [6, 6.07) is 18.9. The molecule has 0 bridgehead atoms. The van der Waals surface area contributed by atoms with Crippen molar-refractivity contribution >= 4 is 40.5 Å². The molecular weight excluding hydrogens is 568 g/mol. The van der Waals surface area contributed by atoms with Gasteiger partial charge in [0.1, 0.15) is 0 Å². The number of aromatic nitrogens is 3. The second-order valence-electron chi connectivity index (χ2n) is 10.5. The Morgan fingerprint density at radius 2 is 1.95 bits per heavy atom. The molecule has 0 fully saturated rings. The minimum absolute atomic E-state index is 0.0117. The average Bonchev–Trinajstić information content (AvgIpc) is 3.52. The van der Waals surface area contributed by atoms with Crippen molar-refractivity contribution in [2.24, 2.45) is 5.92 Å². The molecule has 2 atom stereocenters. The third-order valence-electron chi connectivity index (χ3n) is 7.49. The van der Waals surface area contributed by atoms with E-state index in [2.05, 4.69) is 15.6 Å². The first-order valence-corrected chi connectivity index (χ1v) is 14.3. The van der Waals surface area contributed by atoms with E-state index in [1.807, 2.05) is 18.2 Å². The number of fused-ring (bicyclic) bond motifs is 1. The summed E-state index contributed by atoms with van der Waals surface area (Å²) in [6.45, 7) is 2.55. The van der Waals surface area contributed by atoms with Crippen LogP contribution in [0, 0.1) is 5.92 Å². The lowest BCUT2D eigenvalue weighted by molar-refractivity contribution is -0.139. The summed E-state index contributed by atoms with van der Waals surface area (Å²) in [5.74, 6) is -1.30. The molecule has 1 aliphatic rings. The number of halogens is 1. The van der Waals surface area contributed by atoms with Gasteiger partial charge < -0.3 is 26.2 Å². The molecule has 0 spiro atoms. The van der Waals surface area contributed by atoms with Gasteiger partial charge in [0.15, 0.2) is 5.60 Å². The number of nitrogen functional groups attached to an aromatic ring is 1. The predicted octanol–water partition coefficient (Wildman–Crippen LogP) is 4.32. The van der Waals surface area contributed by atoms with Crippen molar-refractivity contribution in [1.82, 2.24) is 15.0 Å². The van der Waals surface area contributed by atoms with Crippen molar-refractivity contribution in [3.05, 3.63) is 112 Å². The number of nitrogens with zero attached hydrogens (tertiary/aromatic N) is 4. The van der Waals surface area contributed by atoms with Crippen LogP contribution in [0.3, 0.4) is 0 Å². The number of carbonyl (C=O) groups is 2. The Kier molecular flexibility index (Phi) is 8.91. The molecule has 1 aromatic heterocycles. The van der Waals surface area contributed by atoms with Gasteiger partial charge in [-0.2, -0.15) is 0 Å². The fourth-order valence-corrected chi connectivity index (χ4v) is 5.34. The molecule has 4 aromatic rings. The first kappa shape index (κ1) is 30.0. The van der Waals surface area contributed by atoms with Gasteiger partial charge >= 0.3 is 0 Å². The van der Waals surface area contributed by atoms with E-state index in [-0.39, 0.29) is 19.1 Å². The second-order valence-corrected chi connectivity index (χ2v) is 11.0. The van der Waals surface area contributed by atoms with Crippen molar-refractivity contribution in [3.63, 3.8) is 0 Å². The van der Waals surface area contributed by atoms with E-state index in [1.165, 1.54) is 0 Å². The minimum Gasteiger partial charge on any atom is -0.399 e. The molecule has 1 aliphatic heterocycles. The van der Waals surface area contributed by atoms with Gasteiger partial charge in [-0.1, -0.05) is 48.0 Å². The maximum atomic E-state index is 13.9. The molecule has 11 heteroatoms. The highest BCUT2D eigenvalue weighted by atomic mass is 35.5. The zero-order valence-electron chi connectivity index (χ0n) is 23.7. The van der Waals surface area contributed by atoms with Gasteiger partial charge in [0, 0.05) is 59.2 Å². The molecule has 0 aliphatic carbocycles. The van der Waals surface area contributed by atoms with E-state index in [1.54, 1.807) is 83.4 Å². The zero-order chi connectivity index (χ0) is 30.6. The maximum absolute atomic E-state index is 13.9. The lowest BCUT2D eigenvalue weighted by Gasteiger charge is -2.27. The average molecular weight is 601 g/mol. The van der Waals surface area contributed by atoms with Gasteiger partial charge in [0.2, 0.25) is 0 Å². The Labute approximate surface area is 254 Å². The van der Waals surface area contributed by atoms with Crippen LogP contribution in [0.5, 0.6) is 0 Å². The number of benzene rings is 3. The van der Waals surface area contributed by atoms with Gasteiger partial charge in [0.05, 0.1) is 17.9 Å². The summed E-state index contributed by atoms with van der Waals surface area (Å²) in [5.41, 5.74) is 8.03. The van der Waals surface area contributed by atoms with Crippen molar-refractivity contribution in [1.29, 1.82) is 0 Å². The molecule has 2 amide bonds. The molecule has 0 saturated carbocycles. The number of anilines is 3. The Morgan fingerprint density at radius 3 is 2.72 bits per heavy atom. The summed E-state index contributed by atoms with van der Waals surface area (Å²) in [5, 5.41) is 32.4. The summed E-state index contributed by atoms with van der Waals surface area (Å²) >= 11 is 6.32.